The normalized spacial score (nSPS) is 26.1. The Balaban J connectivity index is 1.99. The molecule has 94 valence electrons. The summed E-state index contributed by atoms with van der Waals surface area (Å²) in [6.45, 7) is 5.51. The van der Waals surface area contributed by atoms with Gasteiger partial charge in [0.15, 0.2) is 0 Å². The molecule has 2 rings (SSSR count). The molecule has 1 nitrogen and oxygen atoms in total. The van der Waals surface area contributed by atoms with Gasteiger partial charge in [0, 0.05) is 17.9 Å². The van der Waals surface area contributed by atoms with Crippen molar-refractivity contribution in [1.82, 2.24) is 4.90 Å². The lowest BCUT2D eigenvalue weighted by atomic mass is 9.98. The summed E-state index contributed by atoms with van der Waals surface area (Å²) in [7, 11) is 0. The summed E-state index contributed by atoms with van der Waals surface area (Å²) in [5.74, 6) is 0.764. The zero-order chi connectivity index (χ0) is 12.4. The predicted octanol–water partition coefficient (Wildman–Crippen LogP) is 4.60. The molecule has 0 aliphatic carbocycles. The van der Waals surface area contributed by atoms with Crippen LogP contribution in [0.3, 0.4) is 0 Å². The third-order valence-electron chi connectivity index (χ3n) is 3.34. The maximum absolute atomic E-state index is 6.02. The summed E-state index contributed by atoms with van der Waals surface area (Å²) in [6, 6.07) is 5.89. The van der Waals surface area contributed by atoms with Gasteiger partial charge in [-0.1, -0.05) is 52.1 Å². The van der Waals surface area contributed by atoms with E-state index in [9.17, 15) is 0 Å². The quantitative estimate of drug-likeness (QED) is 0.713. The summed E-state index contributed by atoms with van der Waals surface area (Å²) in [4.78, 5) is 3.05. The molecule has 0 saturated carbocycles. The van der Waals surface area contributed by atoms with Crippen molar-refractivity contribution >= 4 is 39.1 Å². The predicted molar refractivity (Wildman–Crippen MR) is 78.2 cm³/mol. The third kappa shape index (κ3) is 3.60. The first-order valence-corrected chi connectivity index (χ1v) is 7.54. The zero-order valence-corrected chi connectivity index (χ0v) is 12.9. The third-order valence-corrected chi connectivity index (χ3v) is 5.27. The maximum atomic E-state index is 6.02. The highest BCUT2D eigenvalue weighted by atomic mass is 79.9. The molecule has 0 N–H and O–H groups in total. The van der Waals surface area contributed by atoms with E-state index in [0.717, 1.165) is 25.6 Å². The van der Waals surface area contributed by atoms with E-state index in [1.807, 2.05) is 12.1 Å². The fourth-order valence-corrected chi connectivity index (χ4v) is 3.12. The molecule has 2 unspecified atom stereocenters. The van der Waals surface area contributed by atoms with Crippen molar-refractivity contribution in [1.29, 1.82) is 0 Å². The Labute approximate surface area is 121 Å². The van der Waals surface area contributed by atoms with Crippen LogP contribution >= 0.6 is 39.1 Å². The first-order valence-electron chi connectivity index (χ1n) is 5.86. The number of benzene rings is 1. The Morgan fingerprint density at radius 2 is 2.12 bits per heavy atom. The largest absolute Gasteiger partial charge is 0.298 e. The van der Waals surface area contributed by atoms with Crippen molar-refractivity contribution in [3.8, 4) is 0 Å². The number of piperidine rings is 1. The first-order chi connectivity index (χ1) is 8.06. The van der Waals surface area contributed by atoms with Gasteiger partial charge in [-0.25, -0.2) is 0 Å². The van der Waals surface area contributed by atoms with Crippen molar-refractivity contribution in [2.45, 2.75) is 24.7 Å². The Hall–Kier alpha value is 0.240. The Morgan fingerprint density at radius 1 is 1.35 bits per heavy atom. The minimum absolute atomic E-state index is 0.596. The molecular weight excluding hydrogens is 321 g/mol. The fourth-order valence-electron chi connectivity index (χ4n) is 2.12. The lowest BCUT2D eigenvalue weighted by Gasteiger charge is -2.34. The molecule has 2 atom stereocenters. The summed E-state index contributed by atoms with van der Waals surface area (Å²) >= 11 is 15.7. The van der Waals surface area contributed by atoms with Gasteiger partial charge in [0.2, 0.25) is 0 Å². The highest BCUT2D eigenvalue weighted by Crippen LogP contribution is 2.26. The van der Waals surface area contributed by atoms with Crippen LogP contribution in [-0.2, 0) is 6.54 Å². The van der Waals surface area contributed by atoms with E-state index in [-0.39, 0.29) is 0 Å². The minimum Gasteiger partial charge on any atom is -0.298 e. The molecule has 0 bridgehead atoms. The van der Waals surface area contributed by atoms with Crippen LogP contribution in [0.1, 0.15) is 18.9 Å². The smallest absolute Gasteiger partial charge is 0.0595 e. The molecule has 1 fully saturated rings. The second-order valence-electron chi connectivity index (χ2n) is 4.77. The second-order valence-corrected chi connectivity index (χ2v) is 6.76. The van der Waals surface area contributed by atoms with E-state index < -0.39 is 0 Å². The molecule has 0 amide bonds. The molecule has 17 heavy (non-hydrogen) atoms. The van der Waals surface area contributed by atoms with Gasteiger partial charge in [-0.15, -0.1) is 0 Å². The summed E-state index contributed by atoms with van der Waals surface area (Å²) in [5.41, 5.74) is 1.23. The number of likely N-dealkylation sites (tertiary alicyclic amines) is 1. The van der Waals surface area contributed by atoms with E-state index in [1.165, 1.54) is 12.0 Å². The molecular formula is C13H16BrCl2N. The van der Waals surface area contributed by atoms with Crippen molar-refractivity contribution in [3.63, 3.8) is 0 Å². The van der Waals surface area contributed by atoms with Crippen LogP contribution in [0.4, 0.5) is 0 Å². The van der Waals surface area contributed by atoms with Gasteiger partial charge in [-0.2, -0.15) is 0 Å². The first kappa shape index (κ1) is 13.7. The summed E-state index contributed by atoms with van der Waals surface area (Å²) < 4.78 is 0. The van der Waals surface area contributed by atoms with Crippen LogP contribution in [0, 0.1) is 5.92 Å². The lowest BCUT2D eigenvalue weighted by molar-refractivity contribution is 0.194. The number of rotatable bonds is 2. The molecule has 1 aliphatic heterocycles. The van der Waals surface area contributed by atoms with Crippen LogP contribution in [-0.4, -0.2) is 22.8 Å². The van der Waals surface area contributed by atoms with Crippen LogP contribution in [0.25, 0.3) is 0 Å². The van der Waals surface area contributed by atoms with Gasteiger partial charge in [0.05, 0.1) is 10.0 Å². The summed E-state index contributed by atoms with van der Waals surface area (Å²) in [5, 5.41) is 1.27. The molecule has 1 aliphatic rings. The minimum atomic E-state index is 0.596. The number of hydrogen-bond acceptors (Lipinski definition) is 1. The molecule has 0 radical (unpaired) electrons. The van der Waals surface area contributed by atoms with E-state index >= 15 is 0 Å². The zero-order valence-electron chi connectivity index (χ0n) is 9.80. The van der Waals surface area contributed by atoms with Gasteiger partial charge in [0.1, 0.15) is 0 Å². The van der Waals surface area contributed by atoms with Gasteiger partial charge in [-0.3, -0.25) is 4.90 Å². The Bertz CT molecular complexity index is 397. The van der Waals surface area contributed by atoms with E-state index in [0.29, 0.717) is 14.9 Å². The van der Waals surface area contributed by atoms with Gasteiger partial charge in [0.25, 0.3) is 0 Å². The molecule has 1 aromatic carbocycles. The van der Waals surface area contributed by atoms with E-state index in [1.54, 1.807) is 0 Å². The molecule has 4 heteroatoms. The molecule has 1 saturated heterocycles. The monoisotopic (exact) mass is 335 g/mol. The molecule has 1 heterocycles. The van der Waals surface area contributed by atoms with Crippen molar-refractivity contribution in [2.75, 3.05) is 13.1 Å². The van der Waals surface area contributed by atoms with E-state index in [4.69, 9.17) is 23.2 Å². The van der Waals surface area contributed by atoms with Crippen LogP contribution in [0.2, 0.25) is 10.0 Å². The standard InChI is InChI=1S/C13H16BrCl2N/c1-9-4-5-17(8-11(9)14)7-10-2-3-12(15)13(16)6-10/h2-3,6,9,11H,4-5,7-8H2,1H3. The molecule has 0 aromatic heterocycles. The van der Waals surface area contributed by atoms with E-state index in [2.05, 4.69) is 33.8 Å². The van der Waals surface area contributed by atoms with Gasteiger partial charge < -0.3 is 0 Å². The van der Waals surface area contributed by atoms with Crippen molar-refractivity contribution in [2.24, 2.45) is 5.92 Å². The Morgan fingerprint density at radius 3 is 2.76 bits per heavy atom. The molecule has 1 aromatic rings. The summed E-state index contributed by atoms with van der Waals surface area (Å²) in [6.07, 6.45) is 1.25. The fraction of sp³-hybridized carbons (Fsp3) is 0.538. The average molecular weight is 337 g/mol. The highest BCUT2D eigenvalue weighted by molar-refractivity contribution is 9.09. The number of hydrogen-bond donors (Lipinski definition) is 0. The van der Waals surface area contributed by atoms with Crippen LogP contribution in [0.15, 0.2) is 18.2 Å². The van der Waals surface area contributed by atoms with Crippen LogP contribution in [0.5, 0.6) is 0 Å². The topological polar surface area (TPSA) is 3.24 Å². The second kappa shape index (κ2) is 5.92. The lowest BCUT2D eigenvalue weighted by Crippen LogP contribution is -2.39. The highest BCUT2D eigenvalue weighted by Gasteiger charge is 2.23. The van der Waals surface area contributed by atoms with Crippen LogP contribution < -0.4 is 0 Å². The van der Waals surface area contributed by atoms with Gasteiger partial charge in [-0.05, 0) is 36.6 Å². The van der Waals surface area contributed by atoms with Crippen molar-refractivity contribution in [3.05, 3.63) is 33.8 Å². The van der Waals surface area contributed by atoms with Crippen molar-refractivity contribution < 1.29 is 0 Å². The number of alkyl halides is 1. The number of halogens is 3. The Kier molecular flexibility index (Phi) is 4.76. The molecule has 0 spiro atoms. The number of nitrogens with zero attached hydrogens (tertiary/aromatic N) is 1. The van der Waals surface area contributed by atoms with Gasteiger partial charge >= 0.3 is 0 Å². The SMILES string of the molecule is CC1CCN(Cc2ccc(Cl)c(Cl)c2)CC1Br. The average Bonchev–Trinajstić information content (AvgIpc) is 2.29. The maximum Gasteiger partial charge on any atom is 0.0595 e.